The maximum atomic E-state index is 11.1. The van der Waals surface area contributed by atoms with E-state index in [1.165, 1.54) is 12.8 Å². The monoisotopic (exact) mass is 241 g/mol. The number of carbonyl (C=O) groups is 1. The van der Waals surface area contributed by atoms with Crippen molar-refractivity contribution in [1.82, 2.24) is 4.90 Å². The molecule has 1 aliphatic rings. The SMILES string of the molecule is CC1CCC(C(C)C)C(N(C)C(C)C(=O)O)C1. The number of rotatable bonds is 4. The summed E-state index contributed by atoms with van der Waals surface area (Å²) in [5, 5.41) is 9.13. The van der Waals surface area contributed by atoms with Crippen LogP contribution >= 0.6 is 0 Å². The first-order valence-electron chi connectivity index (χ1n) is 6.79. The molecule has 1 N–H and O–H groups in total. The topological polar surface area (TPSA) is 40.5 Å². The molecule has 0 aromatic carbocycles. The number of nitrogens with zero attached hydrogens (tertiary/aromatic N) is 1. The van der Waals surface area contributed by atoms with Gasteiger partial charge in [-0.15, -0.1) is 0 Å². The standard InChI is InChI=1S/C14H27NO2/c1-9(2)12-7-6-10(3)8-13(12)15(5)11(4)14(16)17/h9-13H,6-8H2,1-5H3,(H,16,17). The minimum atomic E-state index is -0.715. The van der Waals surface area contributed by atoms with Crippen LogP contribution in [-0.2, 0) is 4.79 Å². The Morgan fingerprint density at radius 3 is 2.35 bits per heavy atom. The second-order valence-corrected chi connectivity index (χ2v) is 6.07. The van der Waals surface area contributed by atoms with Gasteiger partial charge in [-0.1, -0.05) is 27.2 Å². The summed E-state index contributed by atoms with van der Waals surface area (Å²) in [7, 11) is 1.97. The van der Waals surface area contributed by atoms with Crippen LogP contribution in [0.2, 0.25) is 0 Å². The molecule has 17 heavy (non-hydrogen) atoms. The summed E-state index contributed by atoms with van der Waals surface area (Å²) in [5.74, 6) is 1.28. The van der Waals surface area contributed by atoms with Crippen LogP contribution in [0, 0.1) is 17.8 Å². The fraction of sp³-hybridized carbons (Fsp3) is 0.929. The number of carboxylic acids is 1. The Hall–Kier alpha value is -0.570. The van der Waals surface area contributed by atoms with Gasteiger partial charge in [-0.3, -0.25) is 9.69 Å². The highest BCUT2D eigenvalue weighted by Gasteiger charge is 2.36. The zero-order valence-corrected chi connectivity index (χ0v) is 11.8. The van der Waals surface area contributed by atoms with Crippen molar-refractivity contribution in [2.75, 3.05) is 7.05 Å². The van der Waals surface area contributed by atoms with Crippen molar-refractivity contribution in [2.24, 2.45) is 17.8 Å². The Labute approximate surface area is 105 Å². The maximum absolute atomic E-state index is 11.1. The quantitative estimate of drug-likeness (QED) is 0.822. The van der Waals surface area contributed by atoms with Gasteiger partial charge in [0.1, 0.15) is 6.04 Å². The molecule has 1 fully saturated rings. The van der Waals surface area contributed by atoms with Crippen molar-refractivity contribution in [3.63, 3.8) is 0 Å². The fourth-order valence-electron chi connectivity index (χ4n) is 3.08. The maximum Gasteiger partial charge on any atom is 0.320 e. The zero-order valence-electron chi connectivity index (χ0n) is 11.8. The fourth-order valence-corrected chi connectivity index (χ4v) is 3.08. The van der Waals surface area contributed by atoms with Gasteiger partial charge in [0.05, 0.1) is 0 Å². The summed E-state index contributed by atoms with van der Waals surface area (Å²) in [4.78, 5) is 13.2. The van der Waals surface area contributed by atoms with E-state index in [2.05, 4.69) is 25.7 Å². The molecule has 0 aliphatic heterocycles. The van der Waals surface area contributed by atoms with Gasteiger partial charge in [0.15, 0.2) is 0 Å². The summed E-state index contributed by atoms with van der Waals surface area (Å²) in [6.45, 7) is 8.58. The highest BCUT2D eigenvalue weighted by atomic mass is 16.4. The summed E-state index contributed by atoms with van der Waals surface area (Å²) in [6.07, 6.45) is 3.66. The summed E-state index contributed by atoms with van der Waals surface area (Å²) in [5.41, 5.74) is 0. The number of carboxylic acid groups (broad SMARTS) is 1. The minimum absolute atomic E-state index is 0.383. The van der Waals surface area contributed by atoms with Crippen LogP contribution in [-0.4, -0.2) is 35.1 Å². The van der Waals surface area contributed by atoms with Crippen molar-refractivity contribution in [2.45, 2.75) is 59.0 Å². The van der Waals surface area contributed by atoms with Gasteiger partial charge in [0, 0.05) is 6.04 Å². The smallest absolute Gasteiger partial charge is 0.320 e. The first-order valence-corrected chi connectivity index (χ1v) is 6.79. The zero-order chi connectivity index (χ0) is 13.2. The van der Waals surface area contributed by atoms with E-state index in [4.69, 9.17) is 5.11 Å². The third-order valence-electron chi connectivity index (χ3n) is 4.48. The molecule has 3 nitrogen and oxygen atoms in total. The predicted molar refractivity (Wildman–Crippen MR) is 70.0 cm³/mol. The lowest BCUT2D eigenvalue weighted by molar-refractivity contribution is -0.144. The Balaban J connectivity index is 2.78. The van der Waals surface area contributed by atoms with Crippen molar-refractivity contribution in [3.8, 4) is 0 Å². The Kier molecular flexibility index (Phi) is 4.99. The molecule has 0 amide bonds. The molecule has 4 unspecified atom stereocenters. The molecular formula is C14H27NO2. The largest absolute Gasteiger partial charge is 0.480 e. The highest BCUT2D eigenvalue weighted by molar-refractivity contribution is 5.72. The molecular weight excluding hydrogens is 214 g/mol. The van der Waals surface area contributed by atoms with E-state index in [0.29, 0.717) is 17.9 Å². The average Bonchev–Trinajstić information content (AvgIpc) is 2.26. The molecule has 0 radical (unpaired) electrons. The molecule has 4 atom stereocenters. The number of likely N-dealkylation sites (N-methyl/N-ethyl adjacent to an activating group) is 1. The molecule has 0 spiro atoms. The summed E-state index contributed by atoms with van der Waals surface area (Å²) in [6, 6.07) is 0.0383. The van der Waals surface area contributed by atoms with E-state index < -0.39 is 5.97 Å². The van der Waals surface area contributed by atoms with E-state index in [9.17, 15) is 4.79 Å². The van der Waals surface area contributed by atoms with Crippen LogP contribution in [0.15, 0.2) is 0 Å². The normalized spacial score (nSPS) is 31.8. The Bertz CT molecular complexity index is 265. The van der Waals surface area contributed by atoms with Crippen LogP contribution in [0.5, 0.6) is 0 Å². The third-order valence-corrected chi connectivity index (χ3v) is 4.48. The second-order valence-electron chi connectivity index (χ2n) is 6.07. The predicted octanol–water partition coefficient (Wildman–Crippen LogP) is 2.85. The molecule has 0 aromatic rings. The van der Waals surface area contributed by atoms with Crippen LogP contribution in [0.3, 0.4) is 0 Å². The lowest BCUT2D eigenvalue weighted by Gasteiger charge is -2.43. The lowest BCUT2D eigenvalue weighted by Crippen LogP contribution is -2.50. The van der Waals surface area contributed by atoms with Crippen molar-refractivity contribution < 1.29 is 9.90 Å². The molecule has 3 heteroatoms. The van der Waals surface area contributed by atoms with Crippen molar-refractivity contribution >= 4 is 5.97 Å². The first kappa shape index (κ1) is 14.5. The minimum Gasteiger partial charge on any atom is -0.480 e. The third kappa shape index (κ3) is 3.44. The van der Waals surface area contributed by atoms with E-state index in [-0.39, 0.29) is 6.04 Å². The van der Waals surface area contributed by atoms with E-state index in [0.717, 1.165) is 12.3 Å². The number of hydrogen-bond acceptors (Lipinski definition) is 2. The van der Waals surface area contributed by atoms with Gasteiger partial charge in [-0.05, 0) is 44.6 Å². The molecule has 0 aromatic heterocycles. The summed E-state index contributed by atoms with van der Waals surface area (Å²) < 4.78 is 0. The van der Waals surface area contributed by atoms with E-state index in [1.54, 1.807) is 6.92 Å². The second kappa shape index (κ2) is 5.85. The van der Waals surface area contributed by atoms with E-state index in [1.807, 2.05) is 7.05 Å². The molecule has 100 valence electrons. The van der Waals surface area contributed by atoms with Crippen LogP contribution in [0.1, 0.15) is 47.0 Å². The van der Waals surface area contributed by atoms with Gasteiger partial charge in [0.25, 0.3) is 0 Å². The highest BCUT2D eigenvalue weighted by Crippen LogP contribution is 2.36. The molecule has 0 saturated heterocycles. The van der Waals surface area contributed by atoms with Crippen LogP contribution in [0.25, 0.3) is 0 Å². The van der Waals surface area contributed by atoms with Gasteiger partial charge in [-0.25, -0.2) is 0 Å². The Morgan fingerprint density at radius 1 is 1.29 bits per heavy atom. The van der Waals surface area contributed by atoms with Gasteiger partial charge in [0.2, 0.25) is 0 Å². The van der Waals surface area contributed by atoms with Crippen molar-refractivity contribution in [3.05, 3.63) is 0 Å². The molecule has 1 aliphatic carbocycles. The van der Waals surface area contributed by atoms with Crippen LogP contribution in [0.4, 0.5) is 0 Å². The van der Waals surface area contributed by atoms with E-state index >= 15 is 0 Å². The number of hydrogen-bond donors (Lipinski definition) is 1. The average molecular weight is 241 g/mol. The molecule has 0 heterocycles. The first-order chi connectivity index (χ1) is 7.84. The summed E-state index contributed by atoms with van der Waals surface area (Å²) >= 11 is 0. The molecule has 1 saturated carbocycles. The molecule has 0 bridgehead atoms. The lowest BCUT2D eigenvalue weighted by atomic mass is 9.73. The van der Waals surface area contributed by atoms with Gasteiger partial charge < -0.3 is 5.11 Å². The Morgan fingerprint density at radius 2 is 1.88 bits per heavy atom. The van der Waals surface area contributed by atoms with Gasteiger partial charge >= 0.3 is 5.97 Å². The van der Waals surface area contributed by atoms with Crippen LogP contribution < -0.4 is 0 Å². The number of aliphatic carboxylic acids is 1. The van der Waals surface area contributed by atoms with Crippen molar-refractivity contribution in [1.29, 1.82) is 0 Å². The molecule has 1 rings (SSSR count). The van der Waals surface area contributed by atoms with Gasteiger partial charge in [-0.2, -0.15) is 0 Å².